The standard InChI is InChI=1S/C7H10BFO3/c1-12-7(8(10)11)4-2-3-6(9)5-7/h2-4,10-11H,5H2,1H3. The van der Waals surface area contributed by atoms with Crippen molar-refractivity contribution in [2.75, 3.05) is 7.11 Å². The quantitative estimate of drug-likeness (QED) is 0.584. The van der Waals surface area contributed by atoms with Crippen LogP contribution in [0.3, 0.4) is 0 Å². The van der Waals surface area contributed by atoms with Crippen molar-refractivity contribution in [3.8, 4) is 0 Å². The van der Waals surface area contributed by atoms with Crippen molar-refractivity contribution in [1.29, 1.82) is 0 Å². The Morgan fingerprint density at radius 3 is 2.67 bits per heavy atom. The molecule has 0 amide bonds. The fourth-order valence-electron chi connectivity index (χ4n) is 1.12. The summed E-state index contributed by atoms with van der Waals surface area (Å²) in [7, 11) is -0.402. The zero-order valence-corrected chi connectivity index (χ0v) is 6.70. The first-order valence-corrected chi connectivity index (χ1v) is 3.56. The van der Waals surface area contributed by atoms with Crippen LogP contribution in [0.1, 0.15) is 6.42 Å². The lowest BCUT2D eigenvalue weighted by molar-refractivity contribution is 0.0630. The molecule has 0 spiro atoms. The Balaban J connectivity index is 2.84. The minimum atomic E-state index is -1.71. The second-order valence-electron chi connectivity index (χ2n) is 2.68. The second-order valence-corrected chi connectivity index (χ2v) is 2.68. The summed E-state index contributed by atoms with van der Waals surface area (Å²) in [6.45, 7) is 0. The van der Waals surface area contributed by atoms with Crippen LogP contribution >= 0.6 is 0 Å². The minimum Gasteiger partial charge on any atom is -0.425 e. The summed E-state index contributed by atoms with van der Waals surface area (Å²) < 4.78 is 17.6. The van der Waals surface area contributed by atoms with E-state index in [1.165, 1.54) is 25.3 Å². The third-order valence-corrected chi connectivity index (χ3v) is 1.92. The number of hydrogen-bond acceptors (Lipinski definition) is 3. The van der Waals surface area contributed by atoms with Crippen LogP contribution in [-0.4, -0.2) is 29.8 Å². The fraction of sp³-hybridized carbons (Fsp3) is 0.429. The number of allylic oxidation sites excluding steroid dienone is 2. The highest BCUT2D eigenvalue weighted by Gasteiger charge is 2.42. The number of halogens is 1. The van der Waals surface area contributed by atoms with Crippen molar-refractivity contribution in [1.82, 2.24) is 0 Å². The van der Waals surface area contributed by atoms with Crippen LogP contribution in [0.5, 0.6) is 0 Å². The van der Waals surface area contributed by atoms with Gasteiger partial charge in [-0.15, -0.1) is 0 Å². The Morgan fingerprint density at radius 2 is 2.33 bits per heavy atom. The van der Waals surface area contributed by atoms with E-state index in [1.54, 1.807) is 0 Å². The van der Waals surface area contributed by atoms with Gasteiger partial charge in [0.2, 0.25) is 0 Å². The summed E-state index contributed by atoms with van der Waals surface area (Å²) >= 11 is 0. The monoisotopic (exact) mass is 172 g/mol. The van der Waals surface area contributed by atoms with Gasteiger partial charge in [-0.25, -0.2) is 4.39 Å². The van der Waals surface area contributed by atoms with Crippen LogP contribution in [-0.2, 0) is 4.74 Å². The molecule has 5 heteroatoms. The van der Waals surface area contributed by atoms with Crippen molar-refractivity contribution in [2.24, 2.45) is 0 Å². The zero-order valence-electron chi connectivity index (χ0n) is 6.70. The minimum absolute atomic E-state index is 0.141. The molecule has 66 valence electrons. The second kappa shape index (κ2) is 3.39. The van der Waals surface area contributed by atoms with Gasteiger partial charge in [-0.05, 0) is 6.08 Å². The van der Waals surface area contributed by atoms with Gasteiger partial charge < -0.3 is 14.8 Å². The van der Waals surface area contributed by atoms with Crippen molar-refractivity contribution in [2.45, 2.75) is 11.9 Å². The summed E-state index contributed by atoms with van der Waals surface area (Å²) in [6, 6.07) is 0. The van der Waals surface area contributed by atoms with Gasteiger partial charge in [0.15, 0.2) is 0 Å². The SMILES string of the molecule is COC1(B(O)O)C=CC=C(F)C1. The lowest BCUT2D eigenvalue weighted by Gasteiger charge is -2.28. The zero-order chi connectivity index (χ0) is 9.19. The molecule has 0 aromatic rings. The maximum absolute atomic E-state index is 12.7. The number of ether oxygens (including phenoxy) is 1. The fourth-order valence-corrected chi connectivity index (χ4v) is 1.12. The number of methoxy groups -OCH3 is 1. The number of hydrogen-bond donors (Lipinski definition) is 2. The van der Waals surface area contributed by atoms with Crippen molar-refractivity contribution in [3.63, 3.8) is 0 Å². The lowest BCUT2D eigenvalue weighted by atomic mass is 9.64. The molecule has 1 aliphatic rings. The highest BCUT2D eigenvalue weighted by molar-refractivity contribution is 6.46. The third-order valence-electron chi connectivity index (χ3n) is 1.92. The molecule has 3 nitrogen and oxygen atoms in total. The van der Waals surface area contributed by atoms with Crippen molar-refractivity contribution < 1.29 is 19.2 Å². The Morgan fingerprint density at radius 1 is 1.67 bits per heavy atom. The van der Waals surface area contributed by atoms with E-state index in [-0.39, 0.29) is 6.42 Å². The van der Waals surface area contributed by atoms with Gasteiger partial charge >= 0.3 is 7.12 Å². The van der Waals surface area contributed by atoms with E-state index in [0.717, 1.165) is 0 Å². The van der Waals surface area contributed by atoms with E-state index < -0.39 is 18.4 Å². The molecule has 12 heavy (non-hydrogen) atoms. The van der Waals surface area contributed by atoms with Gasteiger partial charge in [0.25, 0.3) is 0 Å². The van der Waals surface area contributed by atoms with Crippen LogP contribution in [0.25, 0.3) is 0 Å². The van der Waals surface area contributed by atoms with E-state index in [2.05, 4.69) is 0 Å². The van der Waals surface area contributed by atoms with Crippen molar-refractivity contribution in [3.05, 3.63) is 24.1 Å². The summed E-state index contributed by atoms with van der Waals surface area (Å²) in [4.78, 5) is 0. The van der Waals surface area contributed by atoms with E-state index in [4.69, 9.17) is 14.8 Å². The average Bonchev–Trinajstić information content (AvgIpc) is 2.04. The molecule has 0 radical (unpaired) electrons. The van der Waals surface area contributed by atoms with Crippen LogP contribution < -0.4 is 0 Å². The molecule has 1 unspecified atom stereocenters. The Hall–Kier alpha value is -0.645. The molecular weight excluding hydrogens is 162 g/mol. The first-order chi connectivity index (χ1) is 5.60. The first kappa shape index (κ1) is 9.44. The van der Waals surface area contributed by atoms with Crippen LogP contribution in [0.2, 0.25) is 0 Å². The Bertz CT molecular complexity index is 227. The molecule has 1 rings (SSSR count). The third kappa shape index (κ3) is 1.58. The summed E-state index contributed by atoms with van der Waals surface area (Å²) in [5, 5.41) is 17.9. The highest BCUT2D eigenvalue weighted by Crippen LogP contribution is 2.27. The smallest absolute Gasteiger partial charge is 0.425 e. The first-order valence-electron chi connectivity index (χ1n) is 3.56. The normalized spacial score (nSPS) is 28.5. The molecule has 0 saturated heterocycles. The summed E-state index contributed by atoms with van der Waals surface area (Å²) in [5.41, 5.74) is -1.32. The summed E-state index contributed by atoms with van der Waals surface area (Å²) in [6.07, 6.45) is 3.96. The van der Waals surface area contributed by atoms with Gasteiger partial charge in [-0.1, -0.05) is 12.2 Å². The average molecular weight is 172 g/mol. The molecule has 1 atom stereocenters. The summed E-state index contributed by atoms with van der Waals surface area (Å²) in [5.74, 6) is -0.424. The van der Waals surface area contributed by atoms with Gasteiger partial charge in [0.05, 0.1) is 0 Å². The molecule has 1 aliphatic carbocycles. The highest BCUT2D eigenvalue weighted by atomic mass is 19.1. The van der Waals surface area contributed by atoms with Gasteiger partial charge in [0.1, 0.15) is 11.3 Å². The van der Waals surface area contributed by atoms with Crippen LogP contribution in [0.4, 0.5) is 4.39 Å². The van der Waals surface area contributed by atoms with E-state index >= 15 is 0 Å². The molecule has 0 heterocycles. The topological polar surface area (TPSA) is 49.7 Å². The largest absolute Gasteiger partial charge is 0.490 e. The molecular formula is C7H10BFO3. The molecule has 0 aromatic carbocycles. The van der Waals surface area contributed by atoms with E-state index in [0.29, 0.717) is 0 Å². The predicted molar refractivity (Wildman–Crippen MR) is 42.9 cm³/mol. The van der Waals surface area contributed by atoms with Gasteiger partial charge in [0, 0.05) is 13.5 Å². The van der Waals surface area contributed by atoms with Gasteiger partial charge in [-0.2, -0.15) is 0 Å². The van der Waals surface area contributed by atoms with Gasteiger partial charge in [-0.3, -0.25) is 0 Å². The maximum Gasteiger partial charge on any atom is 0.490 e. The Labute approximate surface area is 70.3 Å². The Kier molecular flexibility index (Phi) is 2.67. The molecule has 0 aromatic heterocycles. The van der Waals surface area contributed by atoms with Crippen LogP contribution in [0.15, 0.2) is 24.1 Å². The predicted octanol–water partition coefficient (Wildman–Crippen LogP) is 0.197. The molecule has 0 bridgehead atoms. The van der Waals surface area contributed by atoms with Crippen molar-refractivity contribution >= 4 is 7.12 Å². The van der Waals surface area contributed by atoms with E-state index in [9.17, 15) is 4.39 Å². The van der Waals surface area contributed by atoms with Crippen LogP contribution in [0, 0.1) is 0 Å². The molecule has 0 saturated carbocycles. The molecule has 0 fully saturated rings. The van der Waals surface area contributed by atoms with E-state index in [1.807, 2.05) is 0 Å². The number of rotatable bonds is 2. The molecule has 2 N–H and O–H groups in total. The lowest BCUT2D eigenvalue weighted by Crippen LogP contribution is -2.47. The maximum atomic E-state index is 12.7. The molecule has 0 aliphatic heterocycles.